The van der Waals surface area contributed by atoms with Gasteiger partial charge in [0.1, 0.15) is 5.60 Å². The van der Waals surface area contributed by atoms with E-state index in [1.807, 2.05) is 53.2 Å². The van der Waals surface area contributed by atoms with E-state index in [9.17, 15) is 5.11 Å². The van der Waals surface area contributed by atoms with Gasteiger partial charge in [-0.1, -0.05) is 75.4 Å². The molecule has 0 saturated carbocycles. The van der Waals surface area contributed by atoms with Crippen molar-refractivity contribution >= 4 is 0 Å². The lowest BCUT2D eigenvalue weighted by Crippen LogP contribution is -2.29. The average Bonchev–Trinajstić information content (AvgIpc) is 3.12. The number of fused-ring (bicyclic) bond motifs is 3. The second-order valence-electron chi connectivity index (χ2n) is 7.76. The molecule has 4 rings (SSSR count). The number of nitrogens with zero attached hydrogens (tertiary/aromatic N) is 2. The first-order valence-corrected chi connectivity index (χ1v) is 8.88. The molecule has 0 fully saturated rings. The highest BCUT2D eigenvalue weighted by atomic mass is 16.3. The second-order valence-corrected chi connectivity index (χ2v) is 7.76. The van der Waals surface area contributed by atoms with E-state index < -0.39 is 5.60 Å². The van der Waals surface area contributed by atoms with Crippen molar-refractivity contribution in [3.8, 4) is 11.3 Å². The molecule has 128 valence electrons. The minimum Gasteiger partial charge on any atom is -0.376 e. The van der Waals surface area contributed by atoms with Gasteiger partial charge in [-0.15, -0.1) is 0 Å². The van der Waals surface area contributed by atoms with Gasteiger partial charge in [0.15, 0.2) is 0 Å². The highest BCUT2D eigenvalue weighted by Gasteiger charge is 2.49. The predicted molar refractivity (Wildman–Crippen MR) is 101 cm³/mol. The fourth-order valence-electron chi connectivity index (χ4n) is 3.95. The predicted octanol–water partition coefficient (Wildman–Crippen LogP) is 4.47. The zero-order valence-corrected chi connectivity index (χ0v) is 15.2. The summed E-state index contributed by atoms with van der Waals surface area (Å²) in [4.78, 5) is 0. The van der Waals surface area contributed by atoms with E-state index in [4.69, 9.17) is 5.10 Å². The number of aryl methyl sites for hydroxylation is 1. The highest BCUT2D eigenvalue weighted by molar-refractivity contribution is 5.81. The van der Waals surface area contributed by atoms with Crippen LogP contribution in [0.5, 0.6) is 0 Å². The van der Waals surface area contributed by atoms with Crippen LogP contribution >= 0.6 is 0 Å². The summed E-state index contributed by atoms with van der Waals surface area (Å²) in [7, 11) is 0. The van der Waals surface area contributed by atoms with Gasteiger partial charge in [-0.2, -0.15) is 5.10 Å². The molecule has 0 radical (unpaired) electrons. The minimum atomic E-state index is -1.16. The van der Waals surface area contributed by atoms with E-state index in [1.54, 1.807) is 0 Å². The van der Waals surface area contributed by atoms with Crippen LogP contribution in [0.4, 0.5) is 0 Å². The summed E-state index contributed by atoms with van der Waals surface area (Å²) < 4.78 is 2.04. The van der Waals surface area contributed by atoms with Crippen LogP contribution in [-0.2, 0) is 17.6 Å². The van der Waals surface area contributed by atoms with Crippen LogP contribution in [0.1, 0.15) is 50.1 Å². The zero-order valence-electron chi connectivity index (χ0n) is 15.2. The van der Waals surface area contributed by atoms with Crippen molar-refractivity contribution in [3.05, 3.63) is 77.0 Å². The summed E-state index contributed by atoms with van der Waals surface area (Å²) in [6.07, 6.45) is 0. The molecule has 0 bridgehead atoms. The number of hydrogen-bond donors (Lipinski definition) is 1. The Labute approximate surface area is 148 Å². The van der Waals surface area contributed by atoms with Crippen LogP contribution in [0.2, 0.25) is 0 Å². The van der Waals surface area contributed by atoms with Crippen LogP contribution < -0.4 is 0 Å². The number of aromatic nitrogens is 2. The maximum absolute atomic E-state index is 12.1. The molecule has 3 aromatic rings. The van der Waals surface area contributed by atoms with E-state index in [0.29, 0.717) is 0 Å². The molecule has 1 unspecified atom stereocenters. The summed E-state index contributed by atoms with van der Waals surface area (Å²) in [6, 6.07) is 18.1. The standard InChI is InChI=1S/C22H24N2O/c1-5-24-19-16-13-9-10-14-17(16)22(25,15-11-7-6-8-12-15)18(19)20(23-24)21(2,3)4/h6-14,25H,5H2,1-4H3. The number of aliphatic hydroxyl groups is 1. The fraction of sp³-hybridized carbons (Fsp3) is 0.318. The van der Waals surface area contributed by atoms with Gasteiger partial charge in [0.05, 0.1) is 11.4 Å². The van der Waals surface area contributed by atoms with Crippen LogP contribution in [0, 0.1) is 0 Å². The molecule has 0 amide bonds. The van der Waals surface area contributed by atoms with Crippen LogP contribution in [-0.4, -0.2) is 14.9 Å². The maximum Gasteiger partial charge on any atom is 0.145 e. The van der Waals surface area contributed by atoms with Gasteiger partial charge >= 0.3 is 0 Å². The second kappa shape index (κ2) is 5.30. The summed E-state index contributed by atoms with van der Waals surface area (Å²) in [5, 5.41) is 17.0. The Balaban J connectivity index is 2.15. The molecule has 1 aromatic heterocycles. The Morgan fingerprint density at radius 1 is 1.00 bits per heavy atom. The molecule has 1 aliphatic rings. The monoisotopic (exact) mass is 332 g/mol. The largest absolute Gasteiger partial charge is 0.376 e. The fourth-order valence-corrected chi connectivity index (χ4v) is 3.95. The van der Waals surface area contributed by atoms with Gasteiger partial charge in [0, 0.05) is 28.7 Å². The van der Waals surface area contributed by atoms with Crippen molar-refractivity contribution in [2.75, 3.05) is 0 Å². The van der Waals surface area contributed by atoms with Crippen molar-refractivity contribution in [2.24, 2.45) is 0 Å². The van der Waals surface area contributed by atoms with Crippen LogP contribution in [0.15, 0.2) is 54.6 Å². The molecule has 3 heteroatoms. The molecule has 0 aliphatic heterocycles. The van der Waals surface area contributed by atoms with E-state index in [-0.39, 0.29) is 5.41 Å². The van der Waals surface area contributed by atoms with Crippen molar-refractivity contribution in [1.29, 1.82) is 0 Å². The van der Waals surface area contributed by atoms with Crippen molar-refractivity contribution in [2.45, 2.75) is 45.3 Å². The molecule has 0 saturated heterocycles. The molecule has 1 aliphatic carbocycles. The van der Waals surface area contributed by atoms with Gasteiger partial charge in [0.25, 0.3) is 0 Å². The summed E-state index contributed by atoms with van der Waals surface area (Å²) in [5.41, 5.74) is 4.55. The van der Waals surface area contributed by atoms with Gasteiger partial charge in [0.2, 0.25) is 0 Å². The first-order chi connectivity index (χ1) is 11.9. The van der Waals surface area contributed by atoms with Crippen molar-refractivity contribution in [1.82, 2.24) is 9.78 Å². The van der Waals surface area contributed by atoms with E-state index in [0.717, 1.165) is 40.2 Å². The van der Waals surface area contributed by atoms with E-state index >= 15 is 0 Å². The van der Waals surface area contributed by atoms with Crippen LogP contribution in [0.25, 0.3) is 11.3 Å². The summed E-state index contributed by atoms with van der Waals surface area (Å²) in [6.45, 7) is 9.35. The molecule has 2 aromatic carbocycles. The minimum absolute atomic E-state index is 0.157. The average molecular weight is 332 g/mol. The molecule has 1 atom stereocenters. The van der Waals surface area contributed by atoms with Crippen molar-refractivity contribution in [3.63, 3.8) is 0 Å². The van der Waals surface area contributed by atoms with E-state index in [1.165, 1.54) is 0 Å². The third-order valence-corrected chi connectivity index (χ3v) is 5.09. The number of benzene rings is 2. The summed E-state index contributed by atoms with van der Waals surface area (Å²) in [5.74, 6) is 0. The Morgan fingerprint density at radius 2 is 1.64 bits per heavy atom. The number of rotatable bonds is 2. The topological polar surface area (TPSA) is 38.0 Å². The molecule has 1 N–H and O–H groups in total. The molecule has 25 heavy (non-hydrogen) atoms. The third kappa shape index (κ3) is 2.12. The zero-order chi connectivity index (χ0) is 17.8. The Morgan fingerprint density at radius 3 is 2.28 bits per heavy atom. The molecule has 3 nitrogen and oxygen atoms in total. The lowest BCUT2D eigenvalue weighted by Gasteiger charge is -2.29. The SMILES string of the molecule is CCn1nc(C(C)(C)C)c2c1-c1ccccc1C2(O)c1ccccc1. The Hall–Kier alpha value is -2.39. The molecular formula is C22H24N2O. The van der Waals surface area contributed by atoms with Gasteiger partial charge < -0.3 is 5.11 Å². The lowest BCUT2D eigenvalue weighted by molar-refractivity contribution is 0.128. The molecule has 0 spiro atoms. The Kier molecular flexibility index (Phi) is 3.41. The first-order valence-electron chi connectivity index (χ1n) is 8.88. The van der Waals surface area contributed by atoms with E-state index in [2.05, 4.69) is 33.8 Å². The van der Waals surface area contributed by atoms with Crippen LogP contribution in [0.3, 0.4) is 0 Å². The number of hydrogen-bond acceptors (Lipinski definition) is 2. The maximum atomic E-state index is 12.1. The van der Waals surface area contributed by atoms with Crippen molar-refractivity contribution < 1.29 is 5.11 Å². The van der Waals surface area contributed by atoms with Gasteiger partial charge in [-0.05, 0) is 12.5 Å². The normalized spacial score (nSPS) is 18.9. The molecule has 1 heterocycles. The van der Waals surface area contributed by atoms with Gasteiger partial charge in [-0.25, -0.2) is 0 Å². The first kappa shape index (κ1) is 16.1. The smallest absolute Gasteiger partial charge is 0.145 e. The Bertz CT molecular complexity index is 934. The van der Waals surface area contributed by atoms with Gasteiger partial charge in [-0.3, -0.25) is 4.68 Å². The molecular weight excluding hydrogens is 308 g/mol. The lowest BCUT2D eigenvalue weighted by atomic mass is 9.79. The summed E-state index contributed by atoms with van der Waals surface area (Å²) >= 11 is 0. The third-order valence-electron chi connectivity index (χ3n) is 5.09. The highest BCUT2D eigenvalue weighted by Crippen LogP contribution is 2.53. The quantitative estimate of drug-likeness (QED) is 0.752.